The van der Waals surface area contributed by atoms with Gasteiger partial charge < -0.3 is 9.30 Å². The highest BCUT2D eigenvalue weighted by Gasteiger charge is 2.39. The van der Waals surface area contributed by atoms with Crippen LogP contribution in [0.1, 0.15) is 57.8 Å². The first-order valence-electron chi connectivity index (χ1n) is 12.4. The molecule has 3 aromatic carbocycles. The van der Waals surface area contributed by atoms with E-state index < -0.39 is 12.7 Å². The van der Waals surface area contributed by atoms with Gasteiger partial charge in [0.15, 0.2) is 6.29 Å². The fourth-order valence-electron chi connectivity index (χ4n) is 6.00. The Morgan fingerprint density at radius 2 is 1.95 bits per heavy atom. The minimum absolute atomic E-state index is 0.0198. The number of carbonyl (C=O) groups is 1. The van der Waals surface area contributed by atoms with Crippen LogP contribution in [-0.2, 0) is 12.8 Å². The van der Waals surface area contributed by atoms with Crippen molar-refractivity contribution in [3.63, 3.8) is 0 Å². The van der Waals surface area contributed by atoms with Crippen LogP contribution in [0.25, 0.3) is 22.2 Å². The molecule has 37 heavy (non-hydrogen) atoms. The average molecular weight is 506 g/mol. The van der Waals surface area contributed by atoms with Crippen molar-refractivity contribution in [1.82, 2.24) is 14.5 Å². The molecule has 0 N–H and O–H groups in total. The molecule has 2 atom stereocenters. The van der Waals surface area contributed by atoms with E-state index in [0.717, 1.165) is 58.4 Å². The molecule has 8 heteroatoms. The topological polar surface area (TPSA) is 47.4 Å². The van der Waals surface area contributed by atoms with Crippen molar-refractivity contribution in [3.05, 3.63) is 82.4 Å². The molecule has 0 saturated carbocycles. The number of hydrogen-bond donors (Lipinski definition) is 0. The molecular formula is C29H26F3N3O2. The molecule has 0 radical (unpaired) electrons. The van der Waals surface area contributed by atoms with Crippen LogP contribution in [0.2, 0.25) is 0 Å². The van der Waals surface area contributed by atoms with E-state index >= 15 is 0 Å². The third-order valence-electron chi connectivity index (χ3n) is 7.67. The van der Waals surface area contributed by atoms with Crippen LogP contribution < -0.4 is 4.74 Å². The van der Waals surface area contributed by atoms with Gasteiger partial charge in [0, 0.05) is 11.1 Å². The Hall–Kier alpha value is -3.65. The zero-order chi connectivity index (χ0) is 25.8. The molecule has 0 bridgehead atoms. The predicted octanol–water partition coefficient (Wildman–Crippen LogP) is 6.34. The smallest absolute Gasteiger partial charge is 0.387 e. The number of aromatic nitrogens is 2. The standard InChI is InChI=1S/C29H26F3N3O2/c1-34(2)25-14-24(27-18(15-36)6-4-8-26(27)37-29(31)32)35-23-13-16(9-10-22(23)33-28(25)35)19-11-17-5-3-7-20(17)21(30)12-19/h4,6,8-13,15,24-25,29H,3,5,7,14H2,1-2H3. The summed E-state index contributed by atoms with van der Waals surface area (Å²) in [5, 5.41) is 0. The summed E-state index contributed by atoms with van der Waals surface area (Å²) in [6.45, 7) is -3.02. The number of benzene rings is 3. The number of fused-ring (bicyclic) bond motifs is 4. The van der Waals surface area contributed by atoms with Gasteiger partial charge in [0.05, 0.1) is 23.1 Å². The van der Waals surface area contributed by atoms with Crippen molar-refractivity contribution < 1.29 is 22.7 Å². The number of aryl methyl sites for hydroxylation is 1. The molecule has 1 aromatic heterocycles. The summed E-state index contributed by atoms with van der Waals surface area (Å²) in [6, 6.07) is 13.5. The van der Waals surface area contributed by atoms with Crippen LogP contribution in [0, 0.1) is 5.82 Å². The number of halogens is 3. The van der Waals surface area contributed by atoms with Crippen molar-refractivity contribution in [2.24, 2.45) is 0 Å². The van der Waals surface area contributed by atoms with Crippen molar-refractivity contribution >= 4 is 17.3 Å². The largest absolute Gasteiger partial charge is 0.434 e. The first-order chi connectivity index (χ1) is 17.9. The fraction of sp³-hybridized carbons (Fsp3) is 0.310. The minimum Gasteiger partial charge on any atom is -0.434 e. The van der Waals surface area contributed by atoms with Gasteiger partial charge in [-0.15, -0.1) is 0 Å². The molecular weight excluding hydrogens is 479 g/mol. The van der Waals surface area contributed by atoms with Gasteiger partial charge in [0.25, 0.3) is 0 Å². The molecule has 5 nitrogen and oxygen atoms in total. The third-order valence-corrected chi connectivity index (χ3v) is 7.67. The van der Waals surface area contributed by atoms with Crippen LogP contribution in [0.15, 0.2) is 48.5 Å². The van der Waals surface area contributed by atoms with Crippen molar-refractivity contribution in [2.45, 2.75) is 44.4 Å². The molecule has 2 unspecified atom stereocenters. The summed E-state index contributed by atoms with van der Waals surface area (Å²) in [6.07, 6.45) is 3.80. The number of imidazole rings is 1. The molecule has 0 saturated heterocycles. The fourth-order valence-corrected chi connectivity index (χ4v) is 6.00. The second-order valence-corrected chi connectivity index (χ2v) is 9.98. The van der Waals surface area contributed by atoms with Crippen molar-refractivity contribution in [1.29, 1.82) is 0 Å². The Morgan fingerprint density at radius 3 is 2.70 bits per heavy atom. The predicted molar refractivity (Wildman–Crippen MR) is 135 cm³/mol. The van der Waals surface area contributed by atoms with Crippen molar-refractivity contribution in [2.75, 3.05) is 14.1 Å². The first-order valence-corrected chi connectivity index (χ1v) is 12.4. The van der Waals surface area contributed by atoms with Gasteiger partial charge in [0.1, 0.15) is 17.4 Å². The Labute approximate surface area is 212 Å². The number of alkyl halides is 2. The SMILES string of the molecule is CN(C)C1CC(c2c(C=O)cccc2OC(F)F)n2c1nc1ccc(-c3cc(F)c4c(c3)CCC4)cc12. The third kappa shape index (κ3) is 3.91. The summed E-state index contributed by atoms with van der Waals surface area (Å²) in [5.41, 5.74) is 5.76. The maximum Gasteiger partial charge on any atom is 0.387 e. The van der Waals surface area contributed by atoms with Gasteiger partial charge in [0.2, 0.25) is 0 Å². The molecule has 4 aromatic rings. The summed E-state index contributed by atoms with van der Waals surface area (Å²) < 4.78 is 48.4. The summed E-state index contributed by atoms with van der Waals surface area (Å²) >= 11 is 0. The van der Waals surface area contributed by atoms with E-state index in [0.29, 0.717) is 23.8 Å². The minimum atomic E-state index is -3.02. The Morgan fingerprint density at radius 1 is 1.11 bits per heavy atom. The van der Waals surface area contributed by atoms with Gasteiger partial charge in [-0.3, -0.25) is 9.69 Å². The number of aldehydes is 1. The van der Waals surface area contributed by atoms with E-state index in [9.17, 15) is 18.0 Å². The first kappa shape index (κ1) is 23.7. The zero-order valence-electron chi connectivity index (χ0n) is 20.5. The van der Waals surface area contributed by atoms with E-state index in [2.05, 4.69) is 6.07 Å². The Kier molecular flexibility index (Phi) is 5.79. The second-order valence-electron chi connectivity index (χ2n) is 9.98. The zero-order valence-corrected chi connectivity index (χ0v) is 20.5. The highest BCUT2D eigenvalue weighted by atomic mass is 19.3. The van der Waals surface area contributed by atoms with E-state index in [1.807, 2.05) is 41.8 Å². The van der Waals surface area contributed by atoms with Crippen molar-refractivity contribution in [3.8, 4) is 16.9 Å². The molecule has 0 amide bonds. The summed E-state index contributed by atoms with van der Waals surface area (Å²) in [7, 11) is 3.88. The molecule has 2 aliphatic rings. The monoisotopic (exact) mass is 505 g/mol. The van der Waals surface area contributed by atoms with E-state index in [1.165, 1.54) is 12.1 Å². The lowest BCUT2D eigenvalue weighted by molar-refractivity contribution is -0.0507. The Bertz CT molecular complexity index is 1530. The maximum atomic E-state index is 14.8. The second kappa shape index (κ2) is 9.03. The molecule has 2 heterocycles. The van der Waals surface area contributed by atoms with Gasteiger partial charge >= 0.3 is 6.61 Å². The van der Waals surface area contributed by atoms with E-state index in [1.54, 1.807) is 12.1 Å². The molecule has 1 aliphatic carbocycles. The van der Waals surface area contributed by atoms with Gasteiger partial charge in [-0.1, -0.05) is 24.3 Å². The number of ether oxygens (including phenoxy) is 1. The van der Waals surface area contributed by atoms with E-state index in [4.69, 9.17) is 9.72 Å². The van der Waals surface area contributed by atoms with Gasteiger partial charge in [-0.05, 0) is 86.3 Å². The number of hydrogen-bond acceptors (Lipinski definition) is 4. The van der Waals surface area contributed by atoms with E-state index in [-0.39, 0.29) is 17.6 Å². The highest BCUT2D eigenvalue weighted by Crippen LogP contribution is 2.47. The van der Waals surface area contributed by atoms with Crippen LogP contribution in [-0.4, -0.2) is 41.4 Å². The van der Waals surface area contributed by atoms with Crippen LogP contribution in [0.3, 0.4) is 0 Å². The Balaban J connectivity index is 1.55. The summed E-state index contributed by atoms with van der Waals surface area (Å²) in [5.74, 6) is 0.586. The van der Waals surface area contributed by atoms with Crippen LogP contribution in [0.5, 0.6) is 5.75 Å². The molecule has 0 spiro atoms. The summed E-state index contributed by atoms with van der Waals surface area (Å²) in [4.78, 5) is 18.9. The van der Waals surface area contributed by atoms with Crippen LogP contribution in [0.4, 0.5) is 13.2 Å². The van der Waals surface area contributed by atoms with Gasteiger partial charge in [-0.2, -0.15) is 8.78 Å². The number of carbonyl (C=O) groups excluding carboxylic acids is 1. The molecule has 0 fully saturated rings. The molecule has 190 valence electrons. The lowest BCUT2D eigenvalue weighted by Crippen LogP contribution is -2.18. The maximum absolute atomic E-state index is 14.8. The average Bonchev–Trinajstić information content (AvgIpc) is 3.57. The van der Waals surface area contributed by atoms with Gasteiger partial charge in [-0.25, -0.2) is 9.37 Å². The lowest BCUT2D eigenvalue weighted by atomic mass is 9.96. The molecule has 6 rings (SSSR count). The quantitative estimate of drug-likeness (QED) is 0.287. The molecule has 1 aliphatic heterocycles. The number of nitrogens with zero attached hydrogens (tertiary/aromatic N) is 3. The van der Waals surface area contributed by atoms with Crippen LogP contribution >= 0.6 is 0 Å². The normalized spacial score (nSPS) is 18.6. The number of rotatable bonds is 6. The lowest BCUT2D eigenvalue weighted by Gasteiger charge is -2.22. The highest BCUT2D eigenvalue weighted by molar-refractivity contribution is 5.85.